The molecular weight excluding hydrogens is 497 g/mol. The Hall–Kier alpha value is -2.13. The number of amidine groups is 1. The summed E-state index contributed by atoms with van der Waals surface area (Å²) in [5.74, 6) is 0.116. The van der Waals surface area contributed by atoms with Gasteiger partial charge >= 0.3 is 0 Å². The number of aromatic nitrogens is 2. The molecule has 2 aromatic rings. The fourth-order valence-corrected chi connectivity index (χ4v) is 4.61. The van der Waals surface area contributed by atoms with Gasteiger partial charge in [-0.05, 0) is 69.6 Å². The zero-order chi connectivity index (χ0) is 22.4. The van der Waals surface area contributed by atoms with Crippen molar-refractivity contribution in [3.8, 4) is 0 Å². The van der Waals surface area contributed by atoms with Gasteiger partial charge in [0.25, 0.3) is 10.2 Å². The summed E-state index contributed by atoms with van der Waals surface area (Å²) in [4.78, 5) is 4.20. The van der Waals surface area contributed by atoms with Gasteiger partial charge in [-0.1, -0.05) is 12.8 Å². The molecule has 0 spiro atoms. The van der Waals surface area contributed by atoms with E-state index < -0.39 is 16.0 Å². The van der Waals surface area contributed by atoms with Crippen LogP contribution in [-0.4, -0.2) is 42.4 Å². The number of nitrogens with two attached hydrogens (primary N) is 1. The lowest BCUT2D eigenvalue weighted by Crippen LogP contribution is -2.42. The van der Waals surface area contributed by atoms with Crippen molar-refractivity contribution >= 4 is 43.5 Å². The van der Waals surface area contributed by atoms with Gasteiger partial charge in [0.2, 0.25) is 5.82 Å². The van der Waals surface area contributed by atoms with Crippen molar-refractivity contribution in [3.05, 3.63) is 34.2 Å². The van der Waals surface area contributed by atoms with Crippen molar-refractivity contribution in [1.29, 1.82) is 0 Å². The molecule has 1 aromatic heterocycles. The van der Waals surface area contributed by atoms with Gasteiger partial charge in [0.15, 0.2) is 11.5 Å². The third-order valence-electron chi connectivity index (χ3n) is 4.92. The Balaban J connectivity index is 1.61. The topological polar surface area (TPSA) is 168 Å². The van der Waals surface area contributed by atoms with E-state index in [4.69, 9.17) is 9.77 Å². The van der Waals surface area contributed by atoms with Crippen LogP contribution in [0.25, 0.3) is 0 Å². The fraction of sp³-hybridized carbons (Fsp3) is 0.471. The standard InChI is InChI=1S/C17H23BrFN7O4S/c18-13-9-11(4-5-14(13)19)22-17(23-27)15-16(25-30-24-15)21-7-6-10-2-1-3-12(8-10)26-31(20,28)29/h4-5,9-10,12,26-27H,1-3,6-8H2,(H,21,25)(H,22,23)(H2,20,28,29). The summed E-state index contributed by atoms with van der Waals surface area (Å²) in [5.41, 5.74) is 2.48. The highest BCUT2D eigenvalue weighted by atomic mass is 79.9. The molecule has 6 N–H and O–H groups in total. The van der Waals surface area contributed by atoms with E-state index in [2.05, 4.69) is 41.3 Å². The number of hydrogen-bond donors (Lipinski definition) is 5. The van der Waals surface area contributed by atoms with Crippen LogP contribution < -0.4 is 20.7 Å². The molecule has 1 aliphatic rings. The third-order valence-corrected chi connectivity index (χ3v) is 6.19. The van der Waals surface area contributed by atoms with Gasteiger partial charge in [-0.2, -0.15) is 13.1 Å². The molecule has 0 aliphatic heterocycles. The number of halogens is 2. The number of hydroxylamine groups is 1. The van der Waals surface area contributed by atoms with Crippen LogP contribution in [0.1, 0.15) is 37.8 Å². The largest absolute Gasteiger partial charge is 0.365 e. The quantitative estimate of drug-likeness (QED) is 0.201. The predicted octanol–water partition coefficient (Wildman–Crippen LogP) is 2.18. The van der Waals surface area contributed by atoms with Crippen LogP contribution in [0.2, 0.25) is 0 Å². The lowest BCUT2D eigenvalue weighted by Gasteiger charge is -2.29. The zero-order valence-corrected chi connectivity index (χ0v) is 18.8. The lowest BCUT2D eigenvalue weighted by atomic mass is 9.84. The smallest absolute Gasteiger partial charge is 0.274 e. The molecule has 0 bridgehead atoms. The summed E-state index contributed by atoms with van der Waals surface area (Å²) in [6.45, 7) is 0.523. The number of rotatable bonds is 8. The minimum Gasteiger partial charge on any atom is -0.365 e. The Bertz CT molecular complexity index is 1030. The summed E-state index contributed by atoms with van der Waals surface area (Å²) >= 11 is 3.08. The maximum atomic E-state index is 13.4. The fourth-order valence-electron chi connectivity index (χ4n) is 3.56. The molecular formula is C17H23BrFN7O4S. The van der Waals surface area contributed by atoms with Crippen LogP contribution in [-0.2, 0) is 10.2 Å². The number of benzene rings is 1. The molecule has 1 heterocycles. The van der Waals surface area contributed by atoms with Gasteiger partial charge in [0.1, 0.15) is 5.82 Å². The number of aliphatic imine (C=N–C) groups is 1. The van der Waals surface area contributed by atoms with E-state index in [1.807, 2.05) is 5.48 Å². The summed E-state index contributed by atoms with van der Waals surface area (Å²) in [6, 6.07) is 3.96. The average Bonchev–Trinajstić information content (AvgIpc) is 3.16. The van der Waals surface area contributed by atoms with Crippen molar-refractivity contribution in [2.24, 2.45) is 16.0 Å². The first-order valence-electron chi connectivity index (χ1n) is 9.56. The molecule has 31 heavy (non-hydrogen) atoms. The predicted molar refractivity (Wildman–Crippen MR) is 115 cm³/mol. The Kier molecular flexibility index (Phi) is 7.94. The highest BCUT2D eigenvalue weighted by molar-refractivity contribution is 9.10. The molecule has 11 nitrogen and oxygen atoms in total. The summed E-state index contributed by atoms with van der Waals surface area (Å²) in [7, 11) is -3.72. The normalized spacial score (nSPS) is 19.9. The monoisotopic (exact) mass is 519 g/mol. The molecule has 0 saturated heterocycles. The highest BCUT2D eigenvalue weighted by Crippen LogP contribution is 2.27. The van der Waals surface area contributed by atoms with Gasteiger partial charge in [-0.3, -0.25) is 10.7 Å². The summed E-state index contributed by atoms with van der Waals surface area (Å²) < 4.78 is 43.4. The van der Waals surface area contributed by atoms with Crippen LogP contribution in [0.3, 0.4) is 0 Å². The number of nitrogens with zero attached hydrogens (tertiary/aromatic N) is 3. The SMILES string of the molecule is NS(=O)(=O)NC1CCCC(CCNc2nonc2C(=Nc2ccc(F)c(Br)c2)NO)C1. The Morgan fingerprint density at radius 3 is 2.90 bits per heavy atom. The first-order chi connectivity index (χ1) is 14.7. The maximum absolute atomic E-state index is 13.4. The number of hydrogen-bond acceptors (Lipinski definition) is 8. The van der Waals surface area contributed by atoms with E-state index in [9.17, 15) is 18.0 Å². The second kappa shape index (κ2) is 10.5. The van der Waals surface area contributed by atoms with E-state index in [0.717, 1.165) is 25.7 Å². The van der Waals surface area contributed by atoms with Crippen molar-refractivity contribution in [1.82, 2.24) is 20.5 Å². The second-order valence-electron chi connectivity index (χ2n) is 7.24. The van der Waals surface area contributed by atoms with Crippen LogP contribution in [0, 0.1) is 11.7 Å². The molecule has 0 amide bonds. The van der Waals surface area contributed by atoms with Gasteiger partial charge in [-0.25, -0.2) is 19.2 Å². The molecule has 1 fully saturated rings. The first-order valence-corrected chi connectivity index (χ1v) is 11.9. The van der Waals surface area contributed by atoms with Gasteiger partial charge in [0.05, 0.1) is 10.2 Å². The van der Waals surface area contributed by atoms with E-state index in [1.54, 1.807) is 0 Å². The first kappa shape index (κ1) is 23.5. The third kappa shape index (κ3) is 6.93. The minimum atomic E-state index is -3.72. The number of anilines is 1. The van der Waals surface area contributed by atoms with Gasteiger partial charge < -0.3 is 5.32 Å². The van der Waals surface area contributed by atoms with Gasteiger partial charge in [0, 0.05) is 12.6 Å². The van der Waals surface area contributed by atoms with Crippen molar-refractivity contribution < 1.29 is 22.6 Å². The zero-order valence-electron chi connectivity index (χ0n) is 16.4. The summed E-state index contributed by atoms with van der Waals surface area (Å²) in [5, 5.41) is 25.2. The average molecular weight is 520 g/mol. The molecule has 14 heteroatoms. The number of nitrogens with one attached hydrogen (secondary N) is 3. The van der Waals surface area contributed by atoms with Crippen molar-refractivity contribution in [3.63, 3.8) is 0 Å². The molecule has 0 radical (unpaired) electrons. The maximum Gasteiger partial charge on any atom is 0.274 e. The molecule has 2 unspecified atom stereocenters. The highest BCUT2D eigenvalue weighted by Gasteiger charge is 2.24. The van der Waals surface area contributed by atoms with Crippen LogP contribution in [0.5, 0.6) is 0 Å². The van der Waals surface area contributed by atoms with E-state index >= 15 is 0 Å². The van der Waals surface area contributed by atoms with Crippen LogP contribution in [0.15, 0.2) is 32.3 Å². The van der Waals surface area contributed by atoms with Crippen molar-refractivity contribution in [2.75, 3.05) is 11.9 Å². The molecule has 1 saturated carbocycles. The molecule has 170 valence electrons. The van der Waals surface area contributed by atoms with E-state index in [0.29, 0.717) is 24.6 Å². The second-order valence-corrected chi connectivity index (χ2v) is 9.42. The Labute approximate surface area is 186 Å². The molecule has 1 aliphatic carbocycles. The Morgan fingerprint density at radius 2 is 2.19 bits per heavy atom. The van der Waals surface area contributed by atoms with E-state index in [-0.39, 0.29) is 27.9 Å². The molecule has 3 rings (SSSR count). The minimum absolute atomic E-state index is 0.0302. The lowest BCUT2D eigenvalue weighted by molar-refractivity contribution is 0.234. The van der Waals surface area contributed by atoms with Crippen LogP contribution >= 0.6 is 15.9 Å². The van der Waals surface area contributed by atoms with Crippen LogP contribution in [0.4, 0.5) is 15.9 Å². The Morgan fingerprint density at radius 1 is 1.39 bits per heavy atom. The van der Waals surface area contributed by atoms with Crippen molar-refractivity contribution in [2.45, 2.75) is 38.1 Å². The molecule has 1 aromatic carbocycles. The molecule has 2 atom stereocenters. The van der Waals surface area contributed by atoms with E-state index in [1.165, 1.54) is 18.2 Å². The summed E-state index contributed by atoms with van der Waals surface area (Å²) in [6.07, 6.45) is 4.12. The van der Waals surface area contributed by atoms with Gasteiger partial charge in [-0.15, -0.1) is 0 Å².